The van der Waals surface area contributed by atoms with Crippen molar-refractivity contribution in [3.05, 3.63) is 35.6 Å². The van der Waals surface area contributed by atoms with Gasteiger partial charge in [0.2, 0.25) is 0 Å². The van der Waals surface area contributed by atoms with Gasteiger partial charge in [0.25, 0.3) is 5.91 Å². The molecule has 0 spiro atoms. The first kappa shape index (κ1) is 11.1. The second kappa shape index (κ2) is 4.61. The molecule has 1 aliphatic heterocycles. The van der Waals surface area contributed by atoms with E-state index < -0.39 is 5.82 Å². The normalized spacial score (nSPS) is 20.1. The van der Waals surface area contributed by atoms with Crippen LogP contribution in [0.4, 0.5) is 4.39 Å². The number of hydrogen-bond donors (Lipinski definition) is 1. The summed E-state index contributed by atoms with van der Waals surface area (Å²) in [5.74, 6) is -0.610. The van der Waals surface area contributed by atoms with Crippen LogP contribution < -0.4 is 0 Å². The minimum atomic E-state index is -0.411. The lowest BCUT2D eigenvalue weighted by Gasteiger charge is -2.22. The molecule has 3 nitrogen and oxygen atoms in total. The van der Waals surface area contributed by atoms with Gasteiger partial charge in [-0.3, -0.25) is 4.79 Å². The molecule has 1 atom stereocenters. The van der Waals surface area contributed by atoms with Crippen LogP contribution in [0.15, 0.2) is 24.3 Å². The molecule has 1 heterocycles. The molecule has 1 saturated heterocycles. The Kier molecular flexibility index (Phi) is 3.19. The van der Waals surface area contributed by atoms with E-state index in [1.165, 1.54) is 18.2 Å². The Hall–Kier alpha value is -1.42. The first-order chi connectivity index (χ1) is 7.72. The third kappa shape index (κ3) is 2.07. The third-order valence-corrected chi connectivity index (χ3v) is 2.92. The van der Waals surface area contributed by atoms with Crippen LogP contribution in [-0.4, -0.2) is 35.1 Å². The summed E-state index contributed by atoms with van der Waals surface area (Å²) in [6.07, 6.45) is 1.71. The van der Waals surface area contributed by atoms with Gasteiger partial charge in [-0.2, -0.15) is 0 Å². The number of rotatable bonds is 2. The molecule has 1 aromatic carbocycles. The summed E-state index contributed by atoms with van der Waals surface area (Å²) in [4.78, 5) is 13.6. The van der Waals surface area contributed by atoms with E-state index in [1.807, 2.05) is 0 Å². The second-order valence-corrected chi connectivity index (χ2v) is 3.99. The smallest absolute Gasteiger partial charge is 0.254 e. The largest absolute Gasteiger partial charge is 0.394 e. The highest BCUT2D eigenvalue weighted by molar-refractivity contribution is 5.94. The molecule has 1 aliphatic rings. The summed E-state index contributed by atoms with van der Waals surface area (Å²) < 4.78 is 13.0. The number of aliphatic hydroxyl groups excluding tert-OH is 1. The van der Waals surface area contributed by atoms with Crippen molar-refractivity contribution in [3.63, 3.8) is 0 Å². The van der Waals surface area contributed by atoms with E-state index in [1.54, 1.807) is 11.0 Å². The zero-order valence-corrected chi connectivity index (χ0v) is 8.90. The van der Waals surface area contributed by atoms with Crippen LogP contribution in [0.2, 0.25) is 0 Å². The minimum Gasteiger partial charge on any atom is -0.394 e. The summed E-state index contributed by atoms with van der Waals surface area (Å²) in [5, 5.41) is 9.12. The summed E-state index contributed by atoms with van der Waals surface area (Å²) in [7, 11) is 0. The Balaban J connectivity index is 2.18. The first-order valence-electron chi connectivity index (χ1n) is 5.40. The summed E-state index contributed by atoms with van der Waals surface area (Å²) in [6.45, 7) is 0.613. The number of amides is 1. The average molecular weight is 223 g/mol. The number of aliphatic hydroxyl groups is 1. The number of carbonyl (C=O) groups is 1. The van der Waals surface area contributed by atoms with E-state index in [-0.39, 0.29) is 18.6 Å². The van der Waals surface area contributed by atoms with Crippen molar-refractivity contribution in [1.29, 1.82) is 0 Å². The Morgan fingerprint density at radius 2 is 2.38 bits per heavy atom. The van der Waals surface area contributed by atoms with Gasteiger partial charge in [0, 0.05) is 12.1 Å². The Morgan fingerprint density at radius 3 is 3.06 bits per heavy atom. The number of carbonyl (C=O) groups excluding carboxylic acids is 1. The molecular weight excluding hydrogens is 209 g/mol. The van der Waals surface area contributed by atoms with E-state index in [4.69, 9.17) is 5.11 Å². The highest BCUT2D eigenvalue weighted by atomic mass is 19.1. The van der Waals surface area contributed by atoms with E-state index in [0.717, 1.165) is 12.8 Å². The van der Waals surface area contributed by atoms with Crippen molar-refractivity contribution in [2.75, 3.05) is 13.2 Å². The van der Waals surface area contributed by atoms with Crippen LogP contribution >= 0.6 is 0 Å². The number of likely N-dealkylation sites (tertiary alicyclic amines) is 1. The standard InChI is InChI=1S/C12H14FNO2/c13-10-4-1-3-9(7-10)12(16)14-6-2-5-11(14)8-15/h1,3-4,7,11,15H,2,5-6,8H2/t11-/m0/s1. The van der Waals surface area contributed by atoms with Gasteiger partial charge in [0.05, 0.1) is 12.6 Å². The lowest BCUT2D eigenvalue weighted by Crippen LogP contribution is -2.37. The molecular formula is C12H14FNO2. The van der Waals surface area contributed by atoms with Crippen LogP contribution in [0.3, 0.4) is 0 Å². The Bertz CT molecular complexity index is 394. The SMILES string of the molecule is O=C(c1cccc(F)c1)N1CCC[C@H]1CO. The molecule has 1 aromatic rings. The average Bonchev–Trinajstić information content (AvgIpc) is 2.76. The molecule has 0 unspecified atom stereocenters. The topological polar surface area (TPSA) is 40.5 Å². The molecule has 16 heavy (non-hydrogen) atoms. The Morgan fingerprint density at radius 1 is 1.56 bits per heavy atom. The van der Waals surface area contributed by atoms with Gasteiger partial charge in [0.15, 0.2) is 0 Å². The van der Waals surface area contributed by atoms with E-state index in [2.05, 4.69) is 0 Å². The zero-order chi connectivity index (χ0) is 11.5. The maximum Gasteiger partial charge on any atom is 0.254 e. The number of halogens is 1. The maximum absolute atomic E-state index is 13.0. The lowest BCUT2D eigenvalue weighted by molar-refractivity contribution is 0.0677. The fraction of sp³-hybridized carbons (Fsp3) is 0.417. The van der Waals surface area contributed by atoms with Gasteiger partial charge in [-0.05, 0) is 31.0 Å². The van der Waals surface area contributed by atoms with Crippen molar-refractivity contribution in [3.8, 4) is 0 Å². The summed E-state index contributed by atoms with van der Waals surface area (Å²) in [5.41, 5.74) is 0.348. The quantitative estimate of drug-likeness (QED) is 0.823. The minimum absolute atomic E-state index is 0.0267. The third-order valence-electron chi connectivity index (χ3n) is 2.92. The molecule has 86 valence electrons. The van der Waals surface area contributed by atoms with Crippen molar-refractivity contribution in [2.24, 2.45) is 0 Å². The van der Waals surface area contributed by atoms with Crippen molar-refractivity contribution >= 4 is 5.91 Å². The molecule has 0 aromatic heterocycles. The fourth-order valence-corrected chi connectivity index (χ4v) is 2.08. The molecule has 2 rings (SSSR count). The molecule has 0 radical (unpaired) electrons. The molecule has 4 heteroatoms. The second-order valence-electron chi connectivity index (χ2n) is 3.99. The predicted octanol–water partition coefficient (Wildman–Crippen LogP) is 1.42. The Labute approximate surface area is 93.5 Å². The summed E-state index contributed by atoms with van der Waals surface area (Å²) >= 11 is 0. The van der Waals surface area contributed by atoms with Gasteiger partial charge in [-0.15, -0.1) is 0 Å². The monoisotopic (exact) mass is 223 g/mol. The van der Waals surface area contributed by atoms with Crippen LogP contribution in [0.25, 0.3) is 0 Å². The van der Waals surface area contributed by atoms with Crippen LogP contribution in [-0.2, 0) is 0 Å². The van der Waals surface area contributed by atoms with Gasteiger partial charge in [-0.25, -0.2) is 4.39 Å². The zero-order valence-electron chi connectivity index (χ0n) is 8.90. The van der Waals surface area contributed by atoms with Crippen LogP contribution in [0, 0.1) is 5.82 Å². The highest BCUT2D eigenvalue weighted by Gasteiger charge is 2.28. The molecule has 1 N–H and O–H groups in total. The molecule has 1 fully saturated rings. The highest BCUT2D eigenvalue weighted by Crippen LogP contribution is 2.19. The van der Waals surface area contributed by atoms with Gasteiger partial charge in [-0.1, -0.05) is 6.07 Å². The summed E-state index contributed by atoms with van der Waals surface area (Å²) in [6, 6.07) is 5.54. The van der Waals surface area contributed by atoms with E-state index >= 15 is 0 Å². The number of nitrogens with zero attached hydrogens (tertiary/aromatic N) is 1. The lowest BCUT2D eigenvalue weighted by atomic mass is 10.1. The van der Waals surface area contributed by atoms with Crippen molar-refractivity contribution in [1.82, 2.24) is 4.90 Å². The molecule has 0 bridgehead atoms. The molecule has 0 saturated carbocycles. The van der Waals surface area contributed by atoms with E-state index in [9.17, 15) is 9.18 Å². The van der Waals surface area contributed by atoms with Crippen LogP contribution in [0.1, 0.15) is 23.2 Å². The first-order valence-corrected chi connectivity index (χ1v) is 5.40. The fourth-order valence-electron chi connectivity index (χ4n) is 2.08. The van der Waals surface area contributed by atoms with Gasteiger partial charge in [0.1, 0.15) is 5.82 Å². The van der Waals surface area contributed by atoms with Gasteiger partial charge >= 0.3 is 0 Å². The number of benzene rings is 1. The van der Waals surface area contributed by atoms with E-state index in [0.29, 0.717) is 12.1 Å². The number of hydrogen-bond acceptors (Lipinski definition) is 2. The maximum atomic E-state index is 13.0. The molecule has 1 amide bonds. The molecule has 0 aliphatic carbocycles. The van der Waals surface area contributed by atoms with Gasteiger partial charge < -0.3 is 10.0 Å². The van der Waals surface area contributed by atoms with Crippen molar-refractivity contribution < 1.29 is 14.3 Å². The van der Waals surface area contributed by atoms with Crippen molar-refractivity contribution in [2.45, 2.75) is 18.9 Å². The van der Waals surface area contributed by atoms with Crippen LogP contribution in [0.5, 0.6) is 0 Å². The predicted molar refractivity (Wildman–Crippen MR) is 57.5 cm³/mol.